The molecular formula is C17H21ClN4O2. The molecule has 1 aliphatic rings. The molecule has 0 saturated heterocycles. The Hall–Kier alpha value is -2.08. The highest BCUT2D eigenvalue weighted by Gasteiger charge is 2.15. The Balaban J connectivity index is 1.62. The number of methoxy groups -OCH3 is 1. The Morgan fingerprint density at radius 2 is 1.83 bits per heavy atom. The lowest BCUT2D eigenvalue weighted by Crippen LogP contribution is -2.23. The predicted molar refractivity (Wildman–Crippen MR) is 92.7 cm³/mol. The molecule has 0 atom stereocenters. The summed E-state index contributed by atoms with van der Waals surface area (Å²) in [5.74, 6) is 1.28. The van der Waals surface area contributed by atoms with Crippen LogP contribution in [-0.4, -0.2) is 28.1 Å². The van der Waals surface area contributed by atoms with Gasteiger partial charge in [-0.25, -0.2) is 0 Å². The highest BCUT2D eigenvalue weighted by atomic mass is 35.5. The Labute approximate surface area is 146 Å². The minimum atomic E-state index is 0.132. The van der Waals surface area contributed by atoms with Crippen molar-refractivity contribution in [3.63, 3.8) is 0 Å². The van der Waals surface area contributed by atoms with E-state index in [1.165, 1.54) is 19.3 Å². The van der Waals surface area contributed by atoms with Crippen molar-refractivity contribution >= 4 is 17.5 Å². The number of nitrogens with one attached hydrogen (secondary N) is 1. The molecule has 1 fully saturated rings. The van der Waals surface area contributed by atoms with Crippen LogP contribution >= 0.6 is 11.6 Å². The molecule has 0 unspecified atom stereocenters. The Bertz CT molecular complexity index is 660. The normalized spacial score (nSPS) is 15.1. The minimum Gasteiger partial charge on any atom is -0.497 e. The molecule has 0 spiro atoms. The molecule has 2 aromatic rings. The summed E-state index contributed by atoms with van der Waals surface area (Å²) in [6, 6.07) is 8.26. The van der Waals surface area contributed by atoms with E-state index in [1.54, 1.807) is 7.11 Å². The molecule has 0 bridgehead atoms. The maximum Gasteiger partial charge on any atom is 0.322 e. The third-order valence-corrected chi connectivity index (χ3v) is 4.22. The smallest absolute Gasteiger partial charge is 0.322 e. The van der Waals surface area contributed by atoms with Crippen molar-refractivity contribution < 1.29 is 9.47 Å². The first-order valence-electron chi connectivity index (χ1n) is 8.17. The van der Waals surface area contributed by atoms with Gasteiger partial charge >= 0.3 is 6.01 Å². The number of hydrogen-bond donors (Lipinski definition) is 1. The lowest BCUT2D eigenvalue weighted by Gasteiger charge is -2.22. The van der Waals surface area contributed by atoms with Gasteiger partial charge in [0.05, 0.1) is 7.11 Å². The van der Waals surface area contributed by atoms with Crippen molar-refractivity contribution in [1.82, 2.24) is 15.0 Å². The van der Waals surface area contributed by atoms with Gasteiger partial charge in [0.15, 0.2) is 0 Å². The lowest BCUT2D eigenvalue weighted by atomic mass is 9.96. The van der Waals surface area contributed by atoms with Gasteiger partial charge in [0.1, 0.15) is 12.4 Å². The van der Waals surface area contributed by atoms with Crippen LogP contribution in [0.4, 0.5) is 5.95 Å². The molecule has 1 saturated carbocycles. The second-order valence-corrected chi connectivity index (χ2v) is 6.16. The molecule has 3 rings (SSSR count). The number of hydrogen-bond acceptors (Lipinski definition) is 6. The molecule has 0 amide bonds. The topological polar surface area (TPSA) is 69.2 Å². The van der Waals surface area contributed by atoms with Crippen LogP contribution in [0.1, 0.15) is 37.7 Å². The Morgan fingerprint density at radius 1 is 1.08 bits per heavy atom. The fourth-order valence-corrected chi connectivity index (χ4v) is 2.91. The molecular weight excluding hydrogens is 328 g/mol. The summed E-state index contributed by atoms with van der Waals surface area (Å²) in [4.78, 5) is 12.5. The molecule has 128 valence electrons. The van der Waals surface area contributed by atoms with E-state index in [1.807, 2.05) is 24.3 Å². The van der Waals surface area contributed by atoms with E-state index in [-0.39, 0.29) is 11.3 Å². The molecule has 1 heterocycles. The number of aromatic nitrogens is 3. The molecule has 24 heavy (non-hydrogen) atoms. The first kappa shape index (κ1) is 16.8. The molecule has 1 N–H and O–H groups in total. The lowest BCUT2D eigenvalue weighted by molar-refractivity contribution is 0.280. The highest BCUT2D eigenvalue weighted by Crippen LogP contribution is 2.21. The SMILES string of the molecule is COc1ccc(COc2nc(Cl)nc(NC3CCCCC3)n2)cc1. The molecule has 1 aromatic heterocycles. The van der Waals surface area contributed by atoms with E-state index in [2.05, 4.69) is 20.3 Å². The summed E-state index contributed by atoms with van der Waals surface area (Å²) in [7, 11) is 1.64. The second-order valence-electron chi connectivity index (χ2n) is 5.83. The highest BCUT2D eigenvalue weighted by molar-refractivity contribution is 6.28. The van der Waals surface area contributed by atoms with Crippen molar-refractivity contribution in [2.45, 2.75) is 44.8 Å². The summed E-state index contributed by atoms with van der Waals surface area (Å²) in [5.41, 5.74) is 0.995. The fourth-order valence-electron chi connectivity index (χ4n) is 2.76. The standard InChI is InChI=1S/C17H21ClN4O2/c1-23-14-9-7-12(8-10-14)11-24-17-21-15(18)20-16(22-17)19-13-5-3-2-4-6-13/h7-10,13H,2-6,11H2,1H3,(H,19,20,21,22). The number of nitrogens with zero attached hydrogens (tertiary/aromatic N) is 3. The van der Waals surface area contributed by atoms with Crippen LogP contribution in [0.25, 0.3) is 0 Å². The first-order chi connectivity index (χ1) is 11.7. The summed E-state index contributed by atoms with van der Waals surface area (Å²) < 4.78 is 10.8. The van der Waals surface area contributed by atoms with Crippen molar-refractivity contribution in [3.05, 3.63) is 35.1 Å². The summed E-state index contributed by atoms with van der Waals surface area (Å²) in [6.07, 6.45) is 6.03. The molecule has 1 aromatic carbocycles. The molecule has 7 heteroatoms. The van der Waals surface area contributed by atoms with Crippen molar-refractivity contribution in [1.29, 1.82) is 0 Å². The average Bonchev–Trinajstić information content (AvgIpc) is 2.61. The first-order valence-corrected chi connectivity index (χ1v) is 8.54. The zero-order chi connectivity index (χ0) is 16.8. The zero-order valence-corrected chi connectivity index (χ0v) is 14.4. The molecule has 0 radical (unpaired) electrons. The maximum absolute atomic E-state index is 5.99. The van der Waals surface area contributed by atoms with E-state index in [4.69, 9.17) is 21.1 Å². The molecule has 1 aliphatic carbocycles. The largest absolute Gasteiger partial charge is 0.497 e. The van der Waals surface area contributed by atoms with Crippen molar-refractivity contribution in [3.8, 4) is 11.8 Å². The molecule has 6 nitrogen and oxygen atoms in total. The van der Waals surface area contributed by atoms with Gasteiger partial charge in [-0.3, -0.25) is 0 Å². The van der Waals surface area contributed by atoms with Crippen LogP contribution in [0, 0.1) is 0 Å². The van der Waals surface area contributed by atoms with E-state index in [0.717, 1.165) is 24.2 Å². The molecule has 0 aliphatic heterocycles. The van der Waals surface area contributed by atoms with Crippen LogP contribution in [0.3, 0.4) is 0 Å². The Kier molecular flexibility index (Phi) is 5.69. The van der Waals surface area contributed by atoms with Gasteiger partial charge in [0, 0.05) is 6.04 Å². The number of halogens is 1. The van der Waals surface area contributed by atoms with E-state index in [9.17, 15) is 0 Å². The predicted octanol–water partition coefficient (Wildman–Crippen LogP) is 3.86. The van der Waals surface area contributed by atoms with Crippen LogP contribution in [-0.2, 0) is 6.61 Å². The summed E-state index contributed by atoms with van der Waals surface area (Å²) in [6.45, 7) is 0.354. The van der Waals surface area contributed by atoms with Gasteiger partial charge in [0.25, 0.3) is 0 Å². The number of ether oxygens (including phenoxy) is 2. The third-order valence-electron chi connectivity index (χ3n) is 4.05. The van der Waals surface area contributed by atoms with Gasteiger partial charge < -0.3 is 14.8 Å². The van der Waals surface area contributed by atoms with Gasteiger partial charge in [-0.1, -0.05) is 31.4 Å². The van der Waals surface area contributed by atoms with Gasteiger partial charge in [-0.05, 0) is 42.1 Å². The van der Waals surface area contributed by atoms with Crippen LogP contribution < -0.4 is 14.8 Å². The van der Waals surface area contributed by atoms with Gasteiger partial charge in [-0.15, -0.1) is 0 Å². The number of benzene rings is 1. The quantitative estimate of drug-likeness (QED) is 0.854. The minimum absolute atomic E-state index is 0.132. The van der Waals surface area contributed by atoms with Gasteiger partial charge in [0.2, 0.25) is 11.2 Å². The van der Waals surface area contributed by atoms with Crippen LogP contribution in [0.2, 0.25) is 5.28 Å². The maximum atomic E-state index is 5.99. The monoisotopic (exact) mass is 348 g/mol. The second kappa shape index (κ2) is 8.15. The van der Waals surface area contributed by atoms with Crippen LogP contribution in [0.15, 0.2) is 24.3 Å². The van der Waals surface area contributed by atoms with Crippen molar-refractivity contribution in [2.75, 3.05) is 12.4 Å². The summed E-state index contributed by atoms with van der Waals surface area (Å²) in [5, 5.41) is 3.46. The summed E-state index contributed by atoms with van der Waals surface area (Å²) >= 11 is 5.99. The van der Waals surface area contributed by atoms with Crippen molar-refractivity contribution in [2.24, 2.45) is 0 Å². The van der Waals surface area contributed by atoms with E-state index >= 15 is 0 Å². The number of rotatable bonds is 6. The third kappa shape index (κ3) is 4.71. The van der Waals surface area contributed by atoms with Gasteiger partial charge in [-0.2, -0.15) is 15.0 Å². The fraction of sp³-hybridized carbons (Fsp3) is 0.471. The van der Waals surface area contributed by atoms with E-state index < -0.39 is 0 Å². The zero-order valence-electron chi connectivity index (χ0n) is 13.7. The van der Waals surface area contributed by atoms with Crippen LogP contribution in [0.5, 0.6) is 11.8 Å². The Morgan fingerprint density at radius 3 is 2.54 bits per heavy atom. The van der Waals surface area contributed by atoms with E-state index in [0.29, 0.717) is 18.6 Å². The average molecular weight is 349 g/mol. The number of anilines is 1.